The van der Waals surface area contributed by atoms with Crippen LogP contribution in [0.5, 0.6) is 5.75 Å². The van der Waals surface area contributed by atoms with Crippen molar-refractivity contribution < 1.29 is 13.9 Å². The molecule has 0 aliphatic carbocycles. The zero-order valence-corrected chi connectivity index (χ0v) is 15.4. The summed E-state index contributed by atoms with van der Waals surface area (Å²) in [4.78, 5) is 15.7. The molecule has 1 aromatic carbocycles. The fourth-order valence-electron chi connectivity index (χ4n) is 2.91. The molecule has 0 bridgehead atoms. The largest absolute Gasteiger partial charge is 0.494 e. The predicted molar refractivity (Wildman–Crippen MR) is 101 cm³/mol. The number of fused-ring (bicyclic) bond motifs is 1. The monoisotopic (exact) mass is 352 g/mol. The molecule has 5 heteroatoms. The molecule has 3 rings (SSSR count). The molecule has 1 amide bonds. The summed E-state index contributed by atoms with van der Waals surface area (Å²) in [5.74, 6) is 1.53. The molecular weight excluding hydrogens is 328 g/mol. The van der Waals surface area contributed by atoms with Crippen LogP contribution in [-0.4, -0.2) is 17.5 Å². The molecule has 2 heterocycles. The maximum Gasteiger partial charge on any atom is 0.217 e. The Balaban J connectivity index is 1.67. The van der Waals surface area contributed by atoms with E-state index in [1.54, 1.807) is 0 Å². The number of pyridine rings is 1. The lowest BCUT2D eigenvalue weighted by molar-refractivity contribution is -0.119. The normalized spacial score (nSPS) is 12.1. The highest BCUT2D eigenvalue weighted by atomic mass is 16.5. The topological polar surface area (TPSA) is 64.4 Å². The Hall–Kier alpha value is -2.82. The lowest BCUT2D eigenvalue weighted by Gasteiger charge is -2.08. The second-order valence-corrected chi connectivity index (χ2v) is 6.37. The van der Waals surface area contributed by atoms with Crippen LogP contribution < -0.4 is 10.1 Å². The Labute approximate surface area is 153 Å². The van der Waals surface area contributed by atoms with Gasteiger partial charge in [-0.3, -0.25) is 9.78 Å². The third kappa shape index (κ3) is 4.42. The average Bonchev–Trinajstić information content (AvgIpc) is 3.04. The zero-order chi connectivity index (χ0) is 18.5. The third-order valence-electron chi connectivity index (χ3n) is 4.23. The summed E-state index contributed by atoms with van der Waals surface area (Å²) in [7, 11) is 0. The van der Waals surface area contributed by atoms with Crippen LogP contribution in [0.1, 0.15) is 43.7 Å². The SMILES string of the molecule is CCOc1ccc(CCc2cnc3cc([C@H](C)NC(C)=O)oc3c2)cc1. The van der Waals surface area contributed by atoms with Gasteiger partial charge in [0.05, 0.1) is 12.6 Å². The summed E-state index contributed by atoms with van der Waals surface area (Å²) < 4.78 is 11.3. The molecule has 0 aliphatic heterocycles. The van der Waals surface area contributed by atoms with Gasteiger partial charge in [-0.05, 0) is 56.0 Å². The molecule has 0 saturated carbocycles. The number of amides is 1. The van der Waals surface area contributed by atoms with E-state index < -0.39 is 0 Å². The zero-order valence-electron chi connectivity index (χ0n) is 15.4. The summed E-state index contributed by atoms with van der Waals surface area (Å²) in [6.45, 7) is 6.05. The Morgan fingerprint density at radius 2 is 1.92 bits per heavy atom. The number of hydrogen-bond acceptors (Lipinski definition) is 4. The number of furan rings is 1. The molecule has 0 spiro atoms. The van der Waals surface area contributed by atoms with Gasteiger partial charge >= 0.3 is 0 Å². The fourth-order valence-corrected chi connectivity index (χ4v) is 2.91. The molecule has 3 aromatic rings. The first-order valence-corrected chi connectivity index (χ1v) is 8.92. The highest BCUT2D eigenvalue weighted by Crippen LogP contribution is 2.24. The predicted octanol–water partition coefficient (Wildman–Crippen LogP) is 4.21. The van der Waals surface area contributed by atoms with Crippen LogP contribution in [0, 0.1) is 0 Å². The highest BCUT2D eigenvalue weighted by Gasteiger charge is 2.13. The first kappa shape index (κ1) is 18.0. The minimum absolute atomic E-state index is 0.0815. The number of aryl methyl sites for hydroxylation is 2. The van der Waals surface area contributed by atoms with Crippen LogP contribution in [0.15, 0.2) is 47.0 Å². The van der Waals surface area contributed by atoms with Gasteiger partial charge < -0.3 is 14.5 Å². The number of hydrogen-bond donors (Lipinski definition) is 1. The number of ether oxygens (including phenoxy) is 1. The molecule has 1 N–H and O–H groups in total. The quantitative estimate of drug-likeness (QED) is 0.692. The maximum atomic E-state index is 11.2. The summed E-state index contributed by atoms with van der Waals surface area (Å²) in [5.41, 5.74) is 3.94. The van der Waals surface area contributed by atoms with Gasteiger partial charge in [0, 0.05) is 19.2 Å². The second-order valence-electron chi connectivity index (χ2n) is 6.37. The van der Waals surface area contributed by atoms with E-state index in [4.69, 9.17) is 9.15 Å². The van der Waals surface area contributed by atoms with Crippen LogP contribution in [0.25, 0.3) is 11.1 Å². The van der Waals surface area contributed by atoms with Gasteiger partial charge in [0.25, 0.3) is 0 Å². The van der Waals surface area contributed by atoms with Crippen molar-refractivity contribution in [3.05, 3.63) is 59.5 Å². The van der Waals surface area contributed by atoms with Crippen molar-refractivity contribution in [1.29, 1.82) is 0 Å². The van der Waals surface area contributed by atoms with Gasteiger partial charge in [0.2, 0.25) is 5.91 Å². The van der Waals surface area contributed by atoms with Gasteiger partial charge in [0.15, 0.2) is 5.58 Å². The summed E-state index contributed by atoms with van der Waals surface area (Å²) in [6, 6.07) is 11.9. The van der Waals surface area contributed by atoms with Gasteiger partial charge in [-0.1, -0.05) is 12.1 Å². The lowest BCUT2D eigenvalue weighted by Crippen LogP contribution is -2.23. The van der Waals surface area contributed by atoms with Crippen molar-refractivity contribution in [1.82, 2.24) is 10.3 Å². The molecule has 26 heavy (non-hydrogen) atoms. The molecule has 136 valence electrons. The number of benzene rings is 1. The molecular formula is C21H24N2O3. The van der Waals surface area contributed by atoms with Crippen LogP contribution >= 0.6 is 0 Å². The van der Waals surface area contributed by atoms with Gasteiger partial charge in [0.1, 0.15) is 17.0 Å². The van der Waals surface area contributed by atoms with E-state index in [9.17, 15) is 4.79 Å². The van der Waals surface area contributed by atoms with Crippen molar-refractivity contribution in [3.8, 4) is 5.75 Å². The first-order chi connectivity index (χ1) is 12.5. The standard InChI is InChI=1S/C21H24N2O3/c1-4-25-18-9-7-16(8-10-18)5-6-17-11-21-19(22-13-17)12-20(26-21)14(2)23-15(3)24/h7-14H,4-6H2,1-3H3,(H,23,24)/t14-/m0/s1. The minimum atomic E-state index is -0.172. The van der Waals surface area contributed by atoms with Crippen LogP contribution in [0.2, 0.25) is 0 Å². The minimum Gasteiger partial charge on any atom is -0.494 e. The van der Waals surface area contributed by atoms with Gasteiger partial charge in [-0.25, -0.2) is 0 Å². The lowest BCUT2D eigenvalue weighted by atomic mass is 10.1. The Bertz CT molecular complexity index is 884. The summed E-state index contributed by atoms with van der Waals surface area (Å²) in [6.07, 6.45) is 3.70. The molecule has 1 atom stereocenters. The van der Waals surface area contributed by atoms with E-state index in [1.165, 1.54) is 12.5 Å². The van der Waals surface area contributed by atoms with E-state index in [0.29, 0.717) is 12.4 Å². The first-order valence-electron chi connectivity index (χ1n) is 8.92. The Morgan fingerprint density at radius 1 is 1.19 bits per heavy atom. The van der Waals surface area contributed by atoms with Crippen LogP contribution in [-0.2, 0) is 17.6 Å². The van der Waals surface area contributed by atoms with E-state index in [1.807, 2.05) is 44.3 Å². The van der Waals surface area contributed by atoms with Crippen molar-refractivity contribution in [2.45, 2.75) is 39.7 Å². The van der Waals surface area contributed by atoms with Gasteiger partial charge in [-0.2, -0.15) is 0 Å². The number of nitrogens with zero attached hydrogens (tertiary/aromatic N) is 1. The highest BCUT2D eigenvalue weighted by molar-refractivity contribution is 5.75. The van der Waals surface area contributed by atoms with Crippen LogP contribution in [0.4, 0.5) is 0 Å². The van der Waals surface area contributed by atoms with E-state index in [2.05, 4.69) is 22.4 Å². The number of rotatable bonds is 7. The summed E-state index contributed by atoms with van der Waals surface area (Å²) >= 11 is 0. The van der Waals surface area contributed by atoms with Crippen molar-refractivity contribution in [2.24, 2.45) is 0 Å². The molecule has 0 saturated heterocycles. The van der Waals surface area contributed by atoms with Crippen molar-refractivity contribution in [2.75, 3.05) is 6.61 Å². The number of aromatic nitrogens is 1. The molecule has 0 unspecified atom stereocenters. The van der Waals surface area contributed by atoms with Gasteiger partial charge in [-0.15, -0.1) is 0 Å². The molecule has 2 aromatic heterocycles. The molecule has 0 radical (unpaired) electrons. The van der Waals surface area contributed by atoms with Crippen LogP contribution in [0.3, 0.4) is 0 Å². The van der Waals surface area contributed by atoms with E-state index in [-0.39, 0.29) is 11.9 Å². The second kappa shape index (κ2) is 8.04. The number of carbonyl (C=O) groups excluding carboxylic acids is 1. The van der Waals surface area contributed by atoms with E-state index in [0.717, 1.165) is 35.3 Å². The molecule has 0 fully saturated rings. The molecule has 5 nitrogen and oxygen atoms in total. The number of nitrogens with one attached hydrogen (secondary N) is 1. The molecule has 0 aliphatic rings. The number of carbonyl (C=O) groups is 1. The smallest absolute Gasteiger partial charge is 0.217 e. The van der Waals surface area contributed by atoms with E-state index >= 15 is 0 Å². The Morgan fingerprint density at radius 3 is 2.62 bits per heavy atom. The van der Waals surface area contributed by atoms with Crippen molar-refractivity contribution in [3.63, 3.8) is 0 Å². The Kier molecular flexibility index (Phi) is 5.56. The average molecular weight is 352 g/mol. The fraction of sp³-hybridized carbons (Fsp3) is 0.333. The summed E-state index contributed by atoms with van der Waals surface area (Å²) in [5, 5.41) is 2.82. The third-order valence-corrected chi connectivity index (χ3v) is 4.23. The maximum absolute atomic E-state index is 11.2. The van der Waals surface area contributed by atoms with Crippen molar-refractivity contribution >= 4 is 17.0 Å².